The van der Waals surface area contributed by atoms with Gasteiger partial charge in [0.2, 0.25) is 0 Å². The molecule has 2 fully saturated rings. The molecule has 0 bridgehead atoms. The highest BCUT2D eigenvalue weighted by Gasteiger charge is 2.39. The van der Waals surface area contributed by atoms with Gasteiger partial charge < -0.3 is 24.3 Å². The largest absolute Gasteiger partial charge is 0.465 e. The molecular formula is C39H46ClN5O3. The summed E-state index contributed by atoms with van der Waals surface area (Å²) in [5.74, 6) is 0.605. The Balaban J connectivity index is 1.07. The van der Waals surface area contributed by atoms with Crippen molar-refractivity contribution in [3.8, 4) is 11.5 Å². The number of ether oxygens (including phenoxy) is 2. The molecule has 2 aromatic carbocycles. The number of hydrogen-bond donors (Lipinski definition) is 1. The van der Waals surface area contributed by atoms with Crippen molar-refractivity contribution in [1.29, 1.82) is 0 Å². The topological polar surface area (TPSA) is 73.9 Å². The smallest absolute Gasteiger partial charge is 0.341 e. The van der Waals surface area contributed by atoms with Gasteiger partial charge in [0.1, 0.15) is 22.7 Å². The van der Waals surface area contributed by atoms with E-state index in [4.69, 9.17) is 21.1 Å². The van der Waals surface area contributed by atoms with Crippen LogP contribution in [0.2, 0.25) is 5.02 Å². The van der Waals surface area contributed by atoms with Crippen LogP contribution in [-0.4, -0.2) is 84.7 Å². The van der Waals surface area contributed by atoms with E-state index in [1.807, 2.05) is 42.6 Å². The number of piperidine rings is 1. The number of nitrogens with one attached hydrogen (secondary N) is 1. The minimum Gasteiger partial charge on any atom is -0.465 e. The van der Waals surface area contributed by atoms with E-state index in [1.165, 1.54) is 57.0 Å². The van der Waals surface area contributed by atoms with Gasteiger partial charge in [-0.2, -0.15) is 0 Å². The average Bonchev–Trinajstić information content (AvgIpc) is 3.57. The molecule has 0 radical (unpaired) electrons. The minimum absolute atomic E-state index is 0.390. The lowest BCUT2D eigenvalue weighted by atomic mass is 9.65. The highest BCUT2D eigenvalue weighted by Crippen LogP contribution is 2.49. The average molecular weight is 668 g/mol. The molecule has 0 unspecified atom stereocenters. The molecule has 2 saturated heterocycles. The van der Waals surface area contributed by atoms with Crippen LogP contribution in [0.5, 0.6) is 11.5 Å². The summed E-state index contributed by atoms with van der Waals surface area (Å²) in [6.07, 6.45) is 9.70. The molecule has 1 aliphatic carbocycles. The Morgan fingerprint density at radius 1 is 0.979 bits per heavy atom. The van der Waals surface area contributed by atoms with Crippen molar-refractivity contribution in [3.05, 3.63) is 88.7 Å². The lowest BCUT2D eigenvalue weighted by molar-refractivity contribution is 0.0598. The zero-order chi connectivity index (χ0) is 33.3. The molecule has 0 saturated carbocycles. The van der Waals surface area contributed by atoms with E-state index in [2.05, 4.69) is 50.6 Å². The number of benzene rings is 2. The summed E-state index contributed by atoms with van der Waals surface area (Å²) in [6, 6.07) is 18.7. The number of rotatable bonds is 8. The molecular weight excluding hydrogens is 622 g/mol. The van der Waals surface area contributed by atoms with E-state index in [9.17, 15) is 4.79 Å². The fourth-order valence-corrected chi connectivity index (χ4v) is 8.04. The molecule has 0 atom stereocenters. The SMILES string of the molecule is COC(=O)c1ccc(N2CCN(CC3=C(c4ccc(Cl)cc4)CCC4(CCN(C(C)C)CC4)C3)CC2)cc1Oc1cnc2[nH]ccc2c1. The molecule has 4 heterocycles. The van der Waals surface area contributed by atoms with Crippen LogP contribution in [0.25, 0.3) is 16.6 Å². The van der Waals surface area contributed by atoms with Gasteiger partial charge in [0.05, 0.1) is 13.3 Å². The number of aromatic amines is 1. The first-order chi connectivity index (χ1) is 23.3. The number of fused-ring (bicyclic) bond motifs is 1. The molecule has 0 amide bonds. The minimum atomic E-state index is -0.429. The van der Waals surface area contributed by atoms with Crippen LogP contribution in [-0.2, 0) is 4.74 Å². The first-order valence-electron chi connectivity index (χ1n) is 17.3. The van der Waals surface area contributed by atoms with Gasteiger partial charge in [-0.05, 0) is 112 Å². The molecule has 48 heavy (non-hydrogen) atoms. The van der Waals surface area contributed by atoms with Crippen molar-refractivity contribution >= 4 is 39.9 Å². The predicted octanol–water partition coefficient (Wildman–Crippen LogP) is 8.05. The van der Waals surface area contributed by atoms with Gasteiger partial charge in [-0.25, -0.2) is 9.78 Å². The number of anilines is 1. The molecule has 3 aliphatic rings. The molecule has 2 aliphatic heterocycles. The third kappa shape index (κ3) is 6.98. The molecule has 252 valence electrons. The van der Waals surface area contributed by atoms with Crippen molar-refractivity contribution in [1.82, 2.24) is 19.8 Å². The lowest BCUT2D eigenvalue weighted by Crippen LogP contribution is -2.48. The summed E-state index contributed by atoms with van der Waals surface area (Å²) in [7, 11) is 1.39. The fourth-order valence-electron chi connectivity index (χ4n) is 7.91. The number of esters is 1. The number of carbonyl (C=O) groups is 1. The van der Waals surface area contributed by atoms with Crippen LogP contribution >= 0.6 is 11.6 Å². The van der Waals surface area contributed by atoms with Gasteiger partial charge in [0, 0.05) is 67.1 Å². The number of halogens is 1. The van der Waals surface area contributed by atoms with Gasteiger partial charge in [0.15, 0.2) is 0 Å². The Hall–Kier alpha value is -3.85. The number of aromatic nitrogens is 2. The third-order valence-corrected chi connectivity index (χ3v) is 11.1. The van der Waals surface area contributed by atoms with Crippen LogP contribution < -0.4 is 9.64 Å². The van der Waals surface area contributed by atoms with Crippen molar-refractivity contribution in [3.63, 3.8) is 0 Å². The van der Waals surface area contributed by atoms with Crippen LogP contribution in [0.15, 0.2) is 72.6 Å². The number of allylic oxidation sites excluding steroid dienone is 1. The zero-order valence-electron chi connectivity index (χ0n) is 28.3. The monoisotopic (exact) mass is 667 g/mol. The number of hydrogen-bond acceptors (Lipinski definition) is 7. The Morgan fingerprint density at radius 3 is 2.48 bits per heavy atom. The van der Waals surface area contributed by atoms with Crippen LogP contribution in [0.3, 0.4) is 0 Å². The summed E-state index contributed by atoms with van der Waals surface area (Å²) in [6.45, 7) is 11.8. The molecule has 2 aromatic heterocycles. The van der Waals surface area contributed by atoms with Gasteiger partial charge >= 0.3 is 5.97 Å². The van der Waals surface area contributed by atoms with Gasteiger partial charge in [-0.15, -0.1) is 0 Å². The Bertz CT molecular complexity index is 1780. The highest BCUT2D eigenvalue weighted by molar-refractivity contribution is 6.30. The number of carbonyl (C=O) groups excluding carboxylic acids is 1. The summed E-state index contributed by atoms with van der Waals surface area (Å²) < 4.78 is 11.3. The van der Waals surface area contributed by atoms with Crippen molar-refractivity contribution in [2.45, 2.75) is 52.0 Å². The molecule has 1 N–H and O–H groups in total. The maximum Gasteiger partial charge on any atom is 0.341 e. The molecule has 9 heteroatoms. The Morgan fingerprint density at radius 2 is 1.75 bits per heavy atom. The maximum atomic E-state index is 12.7. The zero-order valence-corrected chi connectivity index (χ0v) is 29.1. The van der Waals surface area contributed by atoms with E-state index in [0.29, 0.717) is 28.5 Å². The molecule has 4 aromatic rings. The quantitative estimate of drug-likeness (QED) is 0.191. The number of nitrogens with zero attached hydrogens (tertiary/aromatic N) is 4. The summed E-state index contributed by atoms with van der Waals surface area (Å²) in [5.41, 5.74) is 7.09. The second-order valence-electron chi connectivity index (χ2n) is 14.0. The van der Waals surface area contributed by atoms with Gasteiger partial charge in [-0.1, -0.05) is 29.3 Å². The maximum absolute atomic E-state index is 12.7. The van der Waals surface area contributed by atoms with E-state index in [0.717, 1.165) is 60.9 Å². The van der Waals surface area contributed by atoms with Crippen molar-refractivity contribution < 1.29 is 14.3 Å². The van der Waals surface area contributed by atoms with Gasteiger partial charge in [0.25, 0.3) is 0 Å². The Labute approximate surface area is 288 Å². The first kappa shape index (κ1) is 32.7. The summed E-state index contributed by atoms with van der Waals surface area (Å²) >= 11 is 6.29. The van der Waals surface area contributed by atoms with E-state index < -0.39 is 5.97 Å². The van der Waals surface area contributed by atoms with E-state index >= 15 is 0 Å². The van der Waals surface area contributed by atoms with E-state index in [-0.39, 0.29) is 0 Å². The summed E-state index contributed by atoms with van der Waals surface area (Å²) in [5, 5.41) is 1.73. The second-order valence-corrected chi connectivity index (χ2v) is 14.5. The van der Waals surface area contributed by atoms with Crippen molar-refractivity contribution in [2.75, 3.05) is 57.8 Å². The number of piperazine rings is 1. The number of pyridine rings is 1. The second kappa shape index (κ2) is 13.9. The van der Waals surface area contributed by atoms with Crippen LogP contribution in [0.4, 0.5) is 5.69 Å². The number of likely N-dealkylation sites (tertiary alicyclic amines) is 1. The molecule has 1 spiro atoms. The van der Waals surface area contributed by atoms with E-state index in [1.54, 1.807) is 17.8 Å². The number of methoxy groups -OCH3 is 1. The standard InChI is InChI=1S/C39H46ClN5O3/c1-27(2)44-16-13-39(14-17-44)12-10-34(28-4-6-31(40)7-5-28)30(24-39)26-43-18-20-45(21-19-43)32-8-9-35(38(46)47-3)36(23-32)48-33-22-29-11-15-41-37(29)42-25-33/h4-9,11,15,22-23,25,27H,10,12-14,16-21,24,26H2,1-3H3,(H,41,42). The highest BCUT2D eigenvalue weighted by atomic mass is 35.5. The lowest BCUT2D eigenvalue weighted by Gasteiger charge is -2.47. The summed E-state index contributed by atoms with van der Waals surface area (Å²) in [4.78, 5) is 27.9. The van der Waals surface area contributed by atoms with Crippen LogP contribution in [0.1, 0.15) is 61.9 Å². The number of H-pyrrole nitrogens is 1. The third-order valence-electron chi connectivity index (χ3n) is 10.8. The molecule has 8 nitrogen and oxygen atoms in total. The van der Waals surface area contributed by atoms with Gasteiger partial charge in [-0.3, -0.25) is 4.90 Å². The normalized spacial score (nSPS) is 19.0. The predicted molar refractivity (Wildman–Crippen MR) is 193 cm³/mol. The molecule has 7 rings (SSSR count). The fraction of sp³-hybridized carbons (Fsp3) is 0.436. The van der Waals surface area contributed by atoms with Crippen molar-refractivity contribution in [2.24, 2.45) is 5.41 Å². The first-order valence-corrected chi connectivity index (χ1v) is 17.7. The Kier molecular flexibility index (Phi) is 9.49. The van der Waals surface area contributed by atoms with Crippen LogP contribution in [0, 0.1) is 5.41 Å².